The normalized spacial score (nSPS) is 11.5. The van der Waals surface area contributed by atoms with E-state index >= 15 is 0 Å². The first kappa shape index (κ1) is 17.0. The van der Waals surface area contributed by atoms with Crippen molar-refractivity contribution >= 4 is 29.0 Å². The minimum atomic E-state index is -0.203. The first-order valence-electron chi connectivity index (χ1n) is 7.83. The lowest BCUT2D eigenvalue weighted by Crippen LogP contribution is -2.21. The number of benzene rings is 1. The highest BCUT2D eigenvalue weighted by Gasteiger charge is 2.13. The van der Waals surface area contributed by atoms with Gasteiger partial charge in [0.2, 0.25) is 5.65 Å². The third-order valence-electron chi connectivity index (χ3n) is 3.86. The van der Waals surface area contributed by atoms with Gasteiger partial charge in [-0.15, -0.1) is 10.2 Å². The predicted octanol–water partition coefficient (Wildman–Crippen LogP) is 3.98. The molecule has 0 aliphatic heterocycles. The number of nitrogens with zero attached hydrogens (tertiary/aromatic N) is 4. The molecule has 0 aliphatic rings. The molecule has 0 saturated carbocycles. The van der Waals surface area contributed by atoms with Crippen molar-refractivity contribution in [2.75, 3.05) is 5.75 Å². The van der Waals surface area contributed by atoms with Crippen LogP contribution < -0.4 is 5.56 Å². The van der Waals surface area contributed by atoms with Gasteiger partial charge in [0, 0.05) is 23.2 Å². The van der Waals surface area contributed by atoms with Crippen LogP contribution >= 0.6 is 23.4 Å². The number of hydrogen-bond donors (Lipinski definition) is 0. The van der Waals surface area contributed by atoms with Crippen LogP contribution in [-0.4, -0.2) is 24.9 Å². The molecule has 0 amide bonds. The van der Waals surface area contributed by atoms with Gasteiger partial charge in [0.05, 0.1) is 5.69 Å². The highest BCUT2D eigenvalue weighted by Crippen LogP contribution is 2.22. The fraction of sp³-hybridized carbons (Fsp3) is 0.353. The molecule has 5 nitrogen and oxygen atoms in total. The zero-order chi connectivity index (χ0) is 17.3. The molecule has 3 rings (SSSR count). The van der Waals surface area contributed by atoms with E-state index in [-0.39, 0.29) is 5.56 Å². The van der Waals surface area contributed by atoms with Gasteiger partial charge in [-0.2, -0.15) is 0 Å². The van der Waals surface area contributed by atoms with Gasteiger partial charge in [-0.3, -0.25) is 13.8 Å². The molecule has 2 aromatic heterocycles. The number of halogens is 1. The van der Waals surface area contributed by atoms with Crippen LogP contribution in [0.2, 0.25) is 5.02 Å². The summed E-state index contributed by atoms with van der Waals surface area (Å²) in [6.45, 7) is 6.27. The smallest absolute Gasteiger partial charge is 0.279 e. The predicted molar refractivity (Wildman–Crippen MR) is 98.5 cm³/mol. The third-order valence-corrected chi connectivity index (χ3v) is 5.25. The molecule has 0 fully saturated rings. The molecule has 0 N–H and O–H groups in total. The van der Waals surface area contributed by atoms with E-state index in [1.807, 2.05) is 31.3 Å². The number of aromatic nitrogens is 4. The fourth-order valence-corrected chi connectivity index (χ4v) is 3.72. The summed E-state index contributed by atoms with van der Waals surface area (Å²) in [4.78, 5) is 12.8. The number of rotatable bonds is 5. The van der Waals surface area contributed by atoms with Crippen LogP contribution in [0.4, 0.5) is 0 Å². The molecular formula is C17H19ClN4OS. The maximum atomic E-state index is 12.8. The van der Waals surface area contributed by atoms with Gasteiger partial charge in [0.1, 0.15) is 0 Å². The quantitative estimate of drug-likeness (QED) is 0.644. The van der Waals surface area contributed by atoms with E-state index in [0.717, 1.165) is 28.6 Å². The molecule has 24 heavy (non-hydrogen) atoms. The Morgan fingerprint density at radius 3 is 2.79 bits per heavy atom. The van der Waals surface area contributed by atoms with Crippen molar-refractivity contribution < 1.29 is 0 Å². The Morgan fingerprint density at radius 2 is 2.04 bits per heavy atom. The molecule has 0 atom stereocenters. The van der Waals surface area contributed by atoms with E-state index in [4.69, 9.17) is 11.6 Å². The fourth-order valence-electron chi connectivity index (χ4n) is 2.40. The van der Waals surface area contributed by atoms with E-state index < -0.39 is 0 Å². The van der Waals surface area contributed by atoms with Crippen molar-refractivity contribution in [2.45, 2.75) is 32.3 Å². The van der Waals surface area contributed by atoms with Gasteiger partial charge in [-0.05, 0) is 37.0 Å². The second kappa shape index (κ2) is 6.99. The summed E-state index contributed by atoms with van der Waals surface area (Å²) in [5.74, 6) is 1.59. The molecule has 0 radical (unpaired) electrons. The second-order valence-corrected chi connectivity index (χ2v) is 7.53. The maximum Gasteiger partial charge on any atom is 0.300 e. The average Bonchev–Trinajstić information content (AvgIpc) is 2.95. The van der Waals surface area contributed by atoms with Crippen molar-refractivity contribution in [1.82, 2.24) is 19.2 Å². The summed E-state index contributed by atoms with van der Waals surface area (Å²) >= 11 is 7.79. The minimum absolute atomic E-state index is 0.203. The van der Waals surface area contributed by atoms with Crippen LogP contribution in [0.5, 0.6) is 0 Å². The summed E-state index contributed by atoms with van der Waals surface area (Å²) in [5, 5.41) is 9.62. The van der Waals surface area contributed by atoms with E-state index in [9.17, 15) is 4.79 Å². The van der Waals surface area contributed by atoms with Crippen LogP contribution in [-0.2, 0) is 0 Å². The summed E-state index contributed by atoms with van der Waals surface area (Å²) in [6.07, 6.45) is 4.66. The van der Waals surface area contributed by atoms with Gasteiger partial charge < -0.3 is 0 Å². The number of fused-ring (bicyclic) bond motifs is 1. The van der Waals surface area contributed by atoms with Gasteiger partial charge in [0.15, 0.2) is 5.16 Å². The van der Waals surface area contributed by atoms with Gasteiger partial charge in [0.25, 0.3) is 0 Å². The van der Waals surface area contributed by atoms with Crippen LogP contribution in [0.25, 0.3) is 11.3 Å². The summed E-state index contributed by atoms with van der Waals surface area (Å²) < 4.78 is 3.32. The zero-order valence-corrected chi connectivity index (χ0v) is 15.4. The van der Waals surface area contributed by atoms with Crippen LogP contribution in [0.1, 0.15) is 25.8 Å². The highest BCUT2D eigenvalue weighted by molar-refractivity contribution is 7.99. The van der Waals surface area contributed by atoms with Gasteiger partial charge in [-0.1, -0.05) is 43.3 Å². The van der Waals surface area contributed by atoms with Crippen molar-refractivity contribution in [3.63, 3.8) is 0 Å². The van der Waals surface area contributed by atoms with Gasteiger partial charge >= 0.3 is 5.56 Å². The molecule has 0 bridgehead atoms. The molecular weight excluding hydrogens is 344 g/mol. The number of thioether (sulfide) groups is 1. The first-order valence-corrected chi connectivity index (χ1v) is 9.20. The Kier molecular flexibility index (Phi) is 4.96. The van der Waals surface area contributed by atoms with Crippen molar-refractivity contribution in [1.29, 1.82) is 0 Å². The summed E-state index contributed by atoms with van der Waals surface area (Å²) in [7, 11) is 0. The maximum absolute atomic E-state index is 12.8. The van der Waals surface area contributed by atoms with Crippen LogP contribution in [0.15, 0.2) is 40.5 Å². The first-order chi connectivity index (χ1) is 11.5. The van der Waals surface area contributed by atoms with E-state index in [1.54, 1.807) is 26.9 Å². The standard InChI is InChI=1S/C17H19ClN4OS/c1-11(2)7-10-24-17-20-19-15-16(23)21(8-9-22(15)17)14-6-4-5-13(18)12(14)3/h4-6,8-9,11H,7,10H2,1-3H3. The van der Waals surface area contributed by atoms with Crippen LogP contribution in [0, 0.1) is 12.8 Å². The average molecular weight is 363 g/mol. The Morgan fingerprint density at radius 1 is 1.25 bits per heavy atom. The summed E-state index contributed by atoms with van der Waals surface area (Å²) in [5.41, 5.74) is 1.73. The van der Waals surface area contributed by atoms with Gasteiger partial charge in [-0.25, -0.2) is 0 Å². The van der Waals surface area contributed by atoms with E-state index in [1.165, 1.54) is 0 Å². The molecule has 0 aliphatic carbocycles. The summed E-state index contributed by atoms with van der Waals surface area (Å²) in [6, 6.07) is 5.51. The highest BCUT2D eigenvalue weighted by atomic mass is 35.5. The number of hydrogen-bond acceptors (Lipinski definition) is 4. The monoisotopic (exact) mass is 362 g/mol. The third kappa shape index (κ3) is 3.21. The molecule has 1 aromatic carbocycles. The Hall–Kier alpha value is -1.79. The Labute approximate surface area is 149 Å². The molecule has 126 valence electrons. The molecule has 0 saturated heterocycles. The SMILES string of the molecule is Cc1c(Cl)cccc1-n1ccn2c(SCCC(C)C)nnc2c1=O. The van der Waals surface area contributed by atoms with Crippen LogP contribution in [0.3, 0.4) is 0 Å². The zero-order valence-electron chi connectivity index (χ0n) is 13.9. The molecule has 0 spiro atoms. The van der Waals surface area contributed by atoms with Crippen molar-refractivity contribution in [3.05, 3.63) is 51.5 Å². The Bertz CT molecular complexity index is 932. The topological polar surface area (TPSA) is 52.2 Å². The molecule has 3 aromatic rings. The second-order valence-electron chi connectivity index (χ2n) is 6.06. The minimum Gasteiger partial charge on any atom is -0.279 e. The van der Waals surface area contributed by atoms with E-state index in [2.05, 4.69) is 24.0 Å². The van der Waals surface area contributed by atoms with E-state index in [0.29, 0.717) is 16.6 Å². The van der Waals surface area contributed by atoms with Crippen molar-refractivity contribution in [3.8, 4) is 5.69 Å². The molecule has 2 heterocycles. The lowest BCUT2D eigenvalue weighted by atomic mass is 10.2. The Balaban J connectivity index is 2.01. The lowest BCUT2D eigenvalue weighted by Gasteiger charge is -2.10. The molecule has 0 unspecified atom stereocenters. The lowest BCUT2D eigenvalue weighted by molar-refractivity contribution is 0.631. The molecule has 7 heteroatoms. The largest absolute Gasteiger partial charge is 0.300 e. The van der Waals surface area contributed by atoms with Crippen molar-refractivity contribution in [2.24, 2.45) is 5.92 Å².